The third-order valence-electron chi connectivity index (χ3n) is 1.91. The fourth-order valence-corrected chi connectivity index (χ4v) is 1.03. The highest BCUT2D eigenvalue weighted by atomic mass is 16.5. The maximum Gasteiger partial charge on any atom is 0.325 e. The van der Waals surface area contributed by atoms with Crippen LogP contribution in [-0.2, 0) is 9.53 Å². The van der Waals surface area contributed by atoms with Crippen molar-refractivity contribution in [3.8, 4) is 11.5 Å². The molecular formula is C10H13NO5. The molecule has 0 fully saturated rings. The van der Waals surface area contributed by atoms with Gasteiger partial charge in [0.25, 0.3) is 0 Å². The van der Waals surface area contributed by atoms with Crippen LogP contribution in [0.4, 0.5) is 0 Å². The van der Waals surface area contributed by atoms with Crippen molar-refractivity contribution in [1.29, 1.82) is 0 Å². The summed E-state index contributed by atoms with van der Waals surface area (Å²) in [6.45, 7) is 0. The van der Waals surface area contributed by atoms with E-state index in [4.69, 9.17) is 13.6 Å². The van der Waals surface area contributed by atoms with Gasteiger partial charge in [0.15, 0.2) is 11.5 Å². The van der Waals surface area contributed by atoms with Crippen LogP contribution in [0.2, 0.25) is 0 Å². The zero-order valence-corrected chi connectivity index (χ0v) is 8.47. The average molecular weight is 229 g/mol. The van der Waals surface area contributed by atoms with E-state index in [-0.39, 0.29) is 5.56 Å². The summed E-state index contributed by atoms with van der Waals surface area (Å²) in [7, 11) is 0.961. The van der Waals surface area contributed by atoms with Crippen molar-refractivity contribution in [2.24, 2.45) is 5.73 Å². The molecule has 0 saturated carbocycles. The first-order valence-corrected chi connectivity index (χ1v) is 4.26. The summed E-state index contributed by atoms with van der Waals surface area (Å²) >= 11 is 0. The lowest BCUT2D eigenvalue weighted by Gasteiger charge is -2.17. The van der Waals surface area contributed by atoms with Crippen LogP contribution in [0.15, 0.2) is 18.2 Å². The van der Waals surface area contributed by atoms with Gasteiger partial charge in [0.2, 0.25) is 0 Å². The lowest BCUT2D eigenvalue weighted by molar-refractivity contribution is -0.145. The predicted octanol–water partition coefficient (Wildman–Crippen LogP) is -0.369. The first-order valence-electron chi connectivity index (χ1n) is 5.26. The molecule has 1 aromatic rings. The molecular weight excluding hydrogens is 214 g/mol. The molecule has 0 aliphatic carbocycles. The molecule has 0 bridgehead atoms. The van der Waals surface area contributed by atoms with E-state index in [1.807, 2.05) is 0 Å². The molecule has 1 aromatic carbocycles. The first-order chi connectivity index (χ1) is 8.14. The highest BCUT2D eigenvalue weighted by Crippen LogP contribution is 2.28. The molecule has 0 unspecified atom stereocenters. The van der Waals surface area contributed by atoms with Crippen molar-refractivity contribution in [3.05, 3.63) is 23.8 Å². The minimum Gasteiger partial charge on any atom is -0.504 e. The maximum absolute atomic E-state index is 11.3. The summed E-state index contributed by atoms with van der Waals surface area (Å²) in [6.07, 6.45) is -2.86. The lowest BCUT2D eigenvalue weighted by Crippen LogP contribution is -2.37. The minimum atomic E-state index is -2.86. The van der Waals surface area contributed by atoms with Gasteiger partial charge in [-0.15, -0.1) is 0 Å². The molecule has 0 aliphatic heterocycles. The molecule has 0 saturated heterocycles. The van der Waals surface area contributed by atoms with Crippen molar-refractivity contribution in [3.63, 3.8) is 0 Å². The van der Waals surface area contributed by atoms with Crippen LogP contribution in [0.1, 0.15) is 14.4 Å². The Morgan fingerprint density at radius 1 is 1.50 bits per heavy atom. The van der Waals surface area contributed by atoms with Crippen LogP contribution in [0.3, 0.4) is 0 Å². The molecule has 0 spiro atoms. The number of carbonyl (C=O) groups excluding carboxylic acids is 1. The van der Waals surface area contributed by atoms with E-state index >= 15 is 0 Å². The van der Waals surface area contributed by atoms with E-state index < -0.39 is 29.6 Å². The first kappa shape index (κ1) is 9.44. The Morgan fingerprint density at radius 2 is 2.12 bits per heavy atom. The summed E-state index contributed by atoms with van der Waals surface area (Å²) in [4.78, 5) is 11.3. The topological polar surface area (TPSA) is 113 Å². The predicted molar refractivity (Wildman–Crippen MR) is 54.7 cm³/mol. The number of hydrogen-bond donors (Lipinski definition) is 4. The number of phenols is 2. The van der Waals surface area contributed by atoms with Crippen LogP contribution < -0.4 is 5.73 Å². The Hall–Kier alpha value is -1.79. The standard InChI is InChI=1S/C10H13NO5/c1-16-10(15)8(11)9(14)5-2-3-6(12)7(13)4-5/h2-4,8-9,12-14H,11H2,1H3/t8-,9+/m1/s1/i8D,9D. The molecule has 6 nitrogen and oxygen atoms in total. The smallest absolute Gasteiger partial charge is 0.325 e. The number of methoxy groups -OCH3 is 1. The van der Waals surface area contributed by atoms with Crippen molar-refractivity contribution in [1.82, 2.24) is 0 Å². The Balaban J connectivity index is 3.27. The quantitative estimate of drug-likeness (QED) is 0.415. The molecule has 0 amide bonds. The molecule has 5 N–H and O–H groups in total. The Bertz CT molecular complexity index is 475. The van der Waals surface area contributed by atoms with Crippen molar-refractivity contribution in [2.45, 2.75) is 12.1 Å². The summed E-state index contributed by atoms with van der Waals surface area (Å²) < 4.78 is 19.4. The second-order valence-electron chi connectivity index (χ2n) is 2.96. The van der Waals surface area contributed by atoms with E-state index in [1.54, 1.807) is 0 Å². The highest BCUT2D eigenvalue weighted by molar-refractivity contribution is 5.76. The van der Waals surface area contributed by atoms with Gasteiger partial charge >= 0.3 is 5.97 Å². The number of ether oxygens (including phenoxy) is 1. The van der Waals surface area contributed by atoms with Gasteiger partial charge in [0, 0.05) is 0 Å². The molecule has 16 heavy (non-hydrogen) atoms. The normalized spacial score (nSPS) is 19.9. The van der Waals surface area contributed by atoms with Crippen LogP contribution in [0.5, 0.6) is 11.5 Å². The van der Waals surface area contributed by atoms with Crippen LogP contribution in [-0.4, -0.2) is 34.4 Å². The van der Waals surface area contributed by atoms with Gasteiger partial charge < -0.3 is 25.8 Å². The van der Waals surface area contributed by atoms with Crippen molar-refractivity contribution < 1.29 is 27.6 Å². The number of aliphatic hydroxyl groups is 1. The Labute approximate surface area is 94.7 Å². The molecule has 0 heterocycles. The molecule has 2 atom stereocenters. The van der Waals surface area contributed by atoms with Crippen molar-refractivity contribution in [2.75, 3.05) is 7.11 Å². The maximum atomic E-state index is 11.3. The number of benzene rings is 1. The van der Waals surface area contributed by atoms with E-state index in [0.29, 0.717) is 0 Å². The second-order valence-corrected chi connectivity index (χ2v) is 2.96. The summed E-state index contributed by atoms with van der Waals surface area (Å²) in [6, 6.07) is 0.102. The molecule has 6 heteroatoms. The van der Waals surface area contributed by atoms with Crippen LogP contribution in [0, 0.1) is 0 Å². The fraction of sp³-hybridized carbons (Fsp3) is 0.300. The molecule has 88 valence electrons. The fourth-order valence-electron chi connectivity index (χ4n) is 1.03. The number of carbonyl (C=O) groups is 1. The number of esters is 1. The minimum absolute atomic E-state index is 0.333. The zero-order valence-electron chi connectivity index (χ0n) is 10.5. The number of aromatic hydroxyl groups is 2. The van der Waals surface area contributed by atoms with Gasteiger partial charge in [0.1, 0.15) is 12.1 Å². The molecule has 0 radical (unpaired) electrons. The zero-order chi connectivity index (χ0) is 14.1. The number of rotatable bonds is 3. The van der Waals surface area contributed by atoms with E-state index in [2.05, 4.69) is 4.74 Å². The summed E-state index contributed by atoms with van der Waals surface area (Å²) in [5.41, 5.74) is 4.95. The van der Waals surface area contributed by atoms with E-state index in [0.717, 1.165) is 25.3 Å². The molecule has 0 aromatic heterocycles. The number of nitrogens with two attached hydrogens (primary N) is 1. The third-order valence-corrected chi connectivity index (χ3v) is 1.91. The average Bonchev–Trinajstić information content (AvgIpc) is 2.31. The van der Waals surface area contributed by atoms with Crippen molar-refractivity contribution >= 4 is 5.97 Å². The monoisotopic (exact) mass is 229 g/mol. The van der Waals surface area contributed by atoms with Gasteiger partial charge in [-0.2, -0.15) is 0 Å². The molecule has 1 rings (SSSR count). The number of hydrogen-bond acceptors (Lipinski definition) is 6. The van der Waals surface area contributed by atoms with Gasteiger partial charge in [0.05, 0.1) is 9.85 Å². The van der Waals surface area contributed by atoms with Gasteiger partial charge in [-0.05, 0) is 17.7 Å². The van der Waals surface area contributed by atoms with Crippen LogP contribution >= 0.6 is 0 Å². The second kappa shape index (κ2) is 4.82. The largest absolute Gasteiger partial charge is 0.504 e. The van der Waals surface area contributed by atoms with E-state index in [1.165, 1.54) is 0 Å². The Morgan fingerprint density at radius 3 is 2.62 bits per heavy atom. The Kier molecular flexibility index (Phi) is 2.84. The SMILES string of the molecule is [2H][C@](N)(C(=O)OC)[C@@]([2H])(O)c1ccc(O)c(O)c1. The number of phenolic OH excluding ortho intramolecular Hbond substituents is 2. The molecule has 0 aliphatic rings. The third kappa shape index (κ3) is 2.41. The summed E-state index contributed by atoms with van der Waals surface area (Å²) in [5, 5.41) is 28.3. The summed E-state index contributed by atoms with van der Waals surface area (Å²) in [5.74, 6) is -2.40. The van der Waals surface area contributed by atoms with Gasteiger partial charge in [-0.3, -0.25) is 4.79 Å². The highest BCUT2D eigenvalue weighted by Gasteiger charge is 2.25. The van der Waals surface area contributed by atoms with E-state index in [9.17, 15) is 15.0 Å². The van der Waals surface area contributed by atoms with Gasteiger partial charge in [-0.25, -0.2) is 0 Å². The van der Waals surface area contributed by atoms with Crippen LogP contribution in [0.25, 0.3) is 0 Å². The van der Waals surface area contributed by atoms with Gasteiger partial charge in [-0.1, -0.05) is 6.07 Å². The lowest BCUT2D eigenvalue weighted by atomic mass is 10.0.